The van der Waals surface area contributed by atoms with Crippen LogP contribution in [0.3, 0.4) is 0 Å². The molecule has 0 aromatic heterocycles. The molecule has 0 spiro atoms. The molecule has 4 nitrogen and oxygen atoms in total. The zero-order valence-electron chi connectivity index (χ0n) is 22.5. The number of hydrogen-bond acceptors (Lipinski definition) is 4. The molecule has 0 aliphatic rings. The van der Waals surface area contributed by atoms with Gasteiger partial charge in [0.15, 0.2) is 0 Å². The highest BCUT2D eigenvalue weighted by Gasteiger charge is 2.31. The molecule has 0 aliphatic heterocycles. The highest BCUT2D eigenvalue weighted by Crippen LogP contribution is 2.20. The molecule has 1 rings (SSSR count). The van der Waals surface area contributed by atoms with Crippen LogP contribution in [0.15, 0.2) is 30.3 Å². The van der Waals surface area contributed by atoms with Crippen molar-refractivity contribution in [2.24, 2.45) is 5.92 Å². The Morgan fingerprint density at radius 1 is 0.686 bits per heavy atom. The lowest BCUT2D eigenvalue weighted by molar-refractivity contribution is -0.131. The van der Waals surface area contributed by atoms with Gasteiger partial charge in [-0.3, -0.25) is 4.79 Å². The molecule has 0 saturated heterocycles. The first-order valence-corrected chi connectivity index (χ1v) is 14.6. The maximum absolute atomic E-state index is 12.8. The van der Waals surface area contributed by atoms with Gasteiger partial charge < -0.3 is 15.3 Å². The van der Waals surface area contributed by atoms with E-state index in [9.17, 15) is 20.1 Å². The number of carbonyl (C=O) groups is 1. The molecule has 1 aromatic carbocycles. The third-order valence-electron chi connectivity index (χ3n) is 7.23. The smallest absolute Gasteiger partial charge is 0.138 e. The van der Waals surface area contributed by atoms with Crippen molar-refractivity contribution in [3.05, 3.63) is 35.9 Å². The van der Waals surface area contributed by atoms with E-state index in [0.717, 1.165) is 24.8 Å². The van der Waals surface area contributed by atoms with E-state index in [1.165, 1.54) is 89.9 Å². The lowest BCUT2D eigenvalue weighted by Gasteiger charge is -2.25. The molecule has 0 saturated carbocycles. The molecule has 1 aromatic rings. The van der Waals surface area contributed by atoms with Gasteiger partial charge in [0.2, 0.25) is 0 Å². The van der Waals surface area contributed by atoms with Crippen molar-refractivity contribution in [3.8, 4) is 0 Å². The Balaban J connectivity index is 2.07. The maximum atomic E-state index is 12.8. The molecule has 0 fully saturated rings. The summed E-state index contributed by atoms with van der Waals surface area (Å²) in [5.74, 6) is -0.699. The van der Waals surface area contributed by atoms with Crippen molar-refractivity contribution in [1.29, 1.82) is 0 Å². The Kier molecular flexibility index (Phi) is 20.0. The molecular weight excluding hydrogens is 436 g/mol. The number of ketones is 1. The second-order valence-electron chi connectivity index (χ2n) is 10.4. The van der Waals surface area contributed by atoms with E-state index in [4.69, 9.17) is 0 Å². The highest BCUT2D eigenvalue weighted by atomic mass is 16.4. The Morgan fingerprint density at radius 2 is 1.11 bits per heavy atom. The lowest BCUT2D eigenvalue weighted by atomic mass is 9.85. The summed E-state index contributed by atoms with van der Waals surface area (Å²) in [5, 5.41) is 29.5. The standard InChI is InChI=1S/C31H54O4/c1-2-3-4-5-6-7-8-9-10-11-12-13-14-15-16-17-21-24-29(33)28(31(35)30(34)26-32)25-27-22-19-18-20-23-27/h18-20,22-23,28,30-32,34-35H,2-17,21,24-26H2,1H3. The van der Waals surface area contributed by atoms with Crippen molar-refractivity contribution in [1.82, 2.24) is 0 Å². The molecule has 0 bridgehead atoms. The predicted molar refractivity (Wildman–Crippen MR) is 147 cm³/mol. The molecule has 202 valence electrons. The average molecular weight is 491 g/mol. The van der Waals surface area contributed by atoms with Crippen LogP contribution in [-0.4, -0.2) is 39.9 Å². The molecule has 3 unspecified atom stereocenters. The summed E-state index contributed by atoms with van der Waals surface area (Å²) in [6.45, 7) is 1.73. The van der Waals surface area contributed by atoms with Crippen LogP contribution >= 0.6 is 0 Å². The minimum Gasteiger partial charge on any atom is -0.394 e. The number of carbonyl (C=O) groups excluding carboxylic acids is 1. The number of unbranched alkanes of at least 4 members (excludes halogenated alkanes) is 16. The Hall–Kier alpha value is -1.23. The molecule has 0 radical (unpaired) electrons. The fourth-order valence-corrected chi connectivity index (χ4v) is 4.88. The normalized spacial score (nSPS) is 14.1. The van der Waals surface area contributed by atoms with Gasteiger partial charge in [0.05, 0.1) is 18.6 Å². The summed E-state index contributed by atoms with van der Waals surface area (Å²) in [4.78, 5) is 12.8. The molecule has 0 heterocycles. The van der Waals surface area contributed by atoms with E-state index in [1.54, 1.807) is 0 Å². The van der Waals surface area contributed by atoms with E-state index in [0.29, 0.717) is 12.8 Å². The third-order valence-corrected chi connectivity index (χ3v) is 7.23. The summed E-state index contributed by atoms with van der Waals surface area (Å²) in [5.41, 5.74) is 0.956. The van der Waals surface area contributed by atoms with Gasteiger partial charge in [0.1, 0.15) is 11.9 Å². The molecule has 4 heteroatoms. The minimum absolute atomic E-state index is 0.0187. The van der Waals surface area contributed by atoms with Crippen molar-refractivity contribution in [3.63, 3.8) is 0 Å². The van der Waals surface area contributed by atoms with E-state index >= 15 is 0 Å². The van der Waals surface area contributed by atoms with E-state index < -0.39 is 24.7 Å². The Labute approximate surface area is 215 Å². The van der Waals surface area contributed by atoms with E-state index in [-0.39, 0.29) is 5.78 Å². The number of rotatable bonds is 24. The van der Waals surface area contributed by atoms with Gasteiger partial charge in [-0.05, 0) is 18.4 Å². The summed E-state index contributed by atoms with van der Waals surface area (Å²) < 4.78 is 0. The first-order valence-electron chi connectivity index (χ1n) is 14.6. The fourth-order valence-electron chi connectivity index (χ4n) is 4.88. The van der Waals surface area contributed by atoms with Gasteiger partial charge in [-0.15, -0.1) is 0 Å². The first-order chi connectivity index (χ1) is 17.1. The number of aliphatic hydroxyl groups is 3. The Morgan fingerprint density at radius 3 is 1.54 bits per heavy atom. The van der Waals surface area contributed by atoms with Gasteiger partial charge in [0, 0.05) is 6.42 Å². The zero-order valence-corrected chi connectivity index (χ0v) is 22.5. The minimum atomic E-state index is -1.29. The van der Waals surface area contributed by atoms with Crippen molar-refractivity contribution in [2.45, 2.75) is 141 Å². The van der Waals surface area contributed by atoms with Crippen LogP contribution in [0.4, 0.5) is 0 Å². The van der Waals surface area contributed by atoms with E-state index in [1.807, 2.05) is 30.3 Å². The van der Waals surface area contributed by atoms with Gasteiger partial charge in [-0.1, -0.05) is 140 Å². The van der Waals surface area contributed by atoms with Crippen LogP contribution < -0.4 is 0 Å². The van der Waals surface area contributed by atoms with Crippen LogP contribution in [0.5, 0.6) is 0 Å². The monoisotopic (exact) mass is 490 g/mol. The zero-order chi connectivity index (χ0) is 25.6. The van der Waals surface area contributed by atoms with Gasteiger partial charge in [-0.25, -0.2) is 0 Å². The van der Waals surface area contributed by atoms with Gasteiger partial charge in [0.25, 0.3) is 0 Å². The lowest BCUT2D eigenvalue weighted by Crippen LogP contribution is -2.41. The average Bonchev–Trinajstić information content (AvgIpc) is 2.88. The Bertz CT molecular complexity index is 603. The van der Waals surface area contributed by atoms with Crippen LogP contribution in [0.1, 0.15) is 128 Å². The molecular formula is C31H54O4. The largest absolute Gasteiger partial charge is 0.394 e. The molecule has 3 N–H and O–H groups in total. The summed E-state index contributed by atoms with van der Waals surface area (Å²) >= 11 is 0. The second kappa shape index (κ2) is 22.0. The molecule has 0 aliphatic carbocycles. The van der Waals surface area contributed by atoms with Crippen LogP contribution in [-0.2, 0) is 11.2 Å². The molecule has 0 amide bonds. The number of aliphatic hydroxyl groups excluding tert-OH is 3. The van der Waals surface area contributed by atoms with E-state index in [2.05, 4.69) is 6.92 Å². The van der Waals surface area contributed by atoms with Crippen LogP contribution in [0.25, 0.3) is 0 Å². The topological polar surface area (TPSA) is 77.8 Å². The van der Waals surface area contributed by atoms with Gasteiger partial charge in [-0.2, -0.15) is 0 Å². The summed E-state index contributed by atoms with van der Waals surface area (Å²) in [6.07, 6.45) is 20.4. The molecule has 35 heavy (non-hydrogen) atoms. The number of benzene rings is 1. The SMILES string of the molecule is CCCCCCCCCCCCCCCCCCCC(=O)C(Cc1ccccc1)C(O)C(O)CO. The van der Waals surface area contributed by atoms with Crippen molar-refractivity contribution in [2.75, 3.05) is 6.61 Å². The highest BCUT2D eigenvalue weighted by molar-refractivity contribution is 5.82. The van der Waals surface area contributed by atoms with Crippen LogP contribution in [0, 0.1) is 5.92 Å². The number of Topliss-reactive ketones (excluding diaryl/α,β-unsaturated/α-hetero) is 1. The maximum Gasteiger partial charge on any atom is 0.138 e. The third kappa shape index (κ3) is 16.2. The fraction of sp³-hybridized carbons (Fsp3) is 0.774. The first kappa shape index (κ1) is 31.8. The van der Waals surface area contributed by atoms with Crippen molar-refractivity contribution >= 4 is 5.78 Å². The summed E-state index contributed by atoms with van der Waals surface area (Å²) in [6, 6.07) is 9.57. The second-order valence-corrected chi connectivity index (χ2v) is 10.4. The quantitative estimate of drug-likeness (QED) is 0.134. The van der Waals surface area contributed by atoms with Crippen molar-refractivity contribution < 1.29 is 20.1 Å². The molecule has 3 atom stereocenters. The number of hydrogen-bond donors (Lipinski definition) is 3. The van der Waals surface area contributed by atoms with Crippen LogP contribution in [0.2, 0.25) is 0 Å². The predicted octanol–water partition coefficient (Wildman–Crippen LogP) is 7.17. The van der Waals surface area contributed by atoms with Gasteiger partial charge >= 0.3 is 0 Å². The summed E-state index contributed by atoms with van der Waals surface area (Å²) in [7, 11) is 0.